The predicted molar refractivity (Wildman–Crippen MR) is 134 cm³/mol. The van der Waals surface area contributed by atoms with Crippen LogP contribution in [-0.2, 0) is 9.59 Å². The largest absolute Gasteiger partial charge is 0.490 e. The second kappa shape index (κ2) is 11.8. The average Bonchev–Trinajstić information content (AvgIpc) is 2.87. The lowest BCUT2D eigenvalue weighted by molar-refractivity contribution is -0.192. The van der Waals surface area contributed by atoms with Crippen LogP contribution in [0, 0.1) is 5.92 Å². The Hall–Kier alpha value is -3.73. The molecule has 2 aromatic rings. The SMILES string of the molecule is CC(C)[C@@H](N)C(=O)NC1CCC(Nc2cccc3c2C(=O)c2ccccc2C3=O)CC1.O=C(O)C(F)(F)F. The van der Waals surface area contributed by atoms with Gasteiger partial charge in [-0.2, -0.15) is 13.2 Å². The molecule has 0 saturated heterocycles. The number of aliphatic carboxylic acids is 1. The molecule has 11 heteroatoms. The Kier molecular flexibility index (Phi) is 8.93. The van der Waals surface area contributed by atoms with Gasteiger partial charge in [0.15, 0.2) is 11.6 Å². The maximum atomic E-state index is 13.2. The van der Waals surface area contributed by atoms with Gasteiger partial charge in [0.1, 0.15) is 0 Å². The molecule has 0 aliphatic heterocycles. The van der Waals surface area contributed by atoms with Crippen molar-refractivity contribution in [1.82, 2.24) is 5.32 Å². The van der Waals surface area contributed by atoms with E-state index >= 15 is 0 Å². The zero-order valence-electron chi connectivity index (χ0n) is 21.0. The molecule has 5 N–H and O–H groups in total. The van der Waals surface area contributed by atoms with Crippen LogP contribution in [0.3, 0.4) is 0 Å². The van der Waals surface area contributed by atoms with Crippen molar-refractivity contribution in [3.05, 3.63) is 64.7 Å². The lowest BCUT2D eigenvalue weighted by Crippen LogP contribution is -2.49. The Balaban J connectivity index is 0.000000505. The number of fused-ring (bicyclic) bond motifs is 2. The van der Waals surface area contributed by atoms with Gasteiger partial charge in [-0.3, -0.25) is 14.4 Å². The van der Waals surface area contributed by atoms with Gasteiger partial charge in [-0.15, -0.1) is 0 Å². The van der Waals surface area contributed by atoms with Gasteiger partial charge in [0, 0.05) is 34.5 Å². The zero-order valence-corrected chi connectivity index (χ0v) is 21.0. The van der Waals surface area contributed by atoms with E-state index in [1.807, 2.05) is 26.0 Å². The van der Waals surface area contributed by atoms with E-state index in [0.29, 0.717) is 27.9 Å². The highest BCUT2D eigenvalue weighted by molar-refractivity contribution is 6.30. The zero-order chi connectivity index (χ0) is 28.2. The van der Waals surface area contributed by atoms with Gasteiger partial charge < -0.3 is 21.5 Å². The number of hydrogen-bond donors (Lipinski definition) is 4. The van der Waals surface area contributed by atoms with E-state index in [0.717, 1.165) is 25.7 Å². The van der Waals surface area contributed by atoms with Crippen LogP contribution in [0.25, 0.3) is 0 Å². The molecule has 204 valence electrons. The highest BCUT2D eigenvalue weighted by Gasteiger charge is 2.38. The van der Waals surface area contributed by atoms with Crippen molar-refractivity contribution < 1.29 is 37.5 Å². The van der Waals surface area contributed by atoms with E-state index < -0.39 is 18.2 Å². The number of anilines is 1. The molecule has 0 unspecified atom stereocenters. The maximum absolute atomic E-state index is 13.2. The lowest BCUT2D eigenvalue weighted by atomic mass is 9.83. The molecule has 1 saturated carbocycles. The second-order valence-corrected chi connectivity index (χ2v) is 9.71. The fraction of sp³-hybridized carbons (Fsp3) is 0.407. The molecule has 0 aromatic heterocycles. The molecule has 8 nitrogen and oxygen atoms in total. The highest BCUT2D eigenvalue weighted by atomic mass is 19.4. The van der Waals surface area contributed by atoms with Crippen LogP contribution in [0.5, 0.6) is 0 Å². The van der Waals surface area contributed by atoms with Crippen molar-refractivity contribution >= 4 is 29.1 Å². The summed E-state index contributed by atoms with van der Waals surface area (Å²) in [4.78, 5) is 47.2. The first-order chi connectivity index (χ1) is 17.8. The summed E-state index contributed by atoms with van der Waals surface area (Å²) >= 11 is 0. The van der Waals surface area contributed by atoms with Gasteiger partial charge in [-0.1, -0.05) is 50.2 Å². The van der Waals surface area contributed by atoms with Crippen molar-refractivity contribution in [1.29, 1.82) is 0 Å². The van der Waals surface area contributed by atoms with E-state index in [1.165, 1.54) is 0 Å². The van der Waals surface area contributed by atoms with Crippen LogP contribution in [0.4, 0.5) is 18.9 Å². The van der Waals surface area contributed by atoms with E-state index in [4.69, 9.17) is 15.6 Å². The third-order valence-electron chi connectivity index (χ3n) is 6.65. The smallest absolute Gasteiger partial charge is 0.475 e. The fourth-order valence-corrected chi connectivity index (χ4v) is 4.47. The second-order valence-electron chi connectivity index (χ2n) is 9.71. The standard InChI is InChI=1S/C25H29N3O3.C2HF3O2/c1-14(2)22(26)25(31)28-16-12-10-15(11-13-16)27-20-9-5-8-19-21(20)24(30)18-7-4-3-6-17(18)23(19)29;3-2(4,5)1(6)7/h3-9,14-16,22,27H,10-13,26H2,1-2H3,(H,28,31);(H,6,7)/t15?,16?,22-;/m1./s1. The first-order valence-corrected chi connectivity index (χ1v) is 12.2. The summed E-state index contributed by atoms with van der Waals surface area (Å²) in [5, 5.41) is 13.7. The number of nitrogens with one attached hydrogen (secondary N) is 2. The molecule has 2 aliphatic carbocycles. The fourth-order valence-electron chi connectivity index (χ4n) is 4.47. The quantitative estimate of drug-likeness (QED) is 0.390. The topological polar surface area (TPSA) is 139 Å². The molecule has 1 atom stereocenters. The number of carboxylic acids is 1. The first kappa shape index (κ1) is 28.8. The van der Waals surface area contributed by atoms with Gasteiger partial charge in [0.25, 0.3) is 0 Å². The number of carbonyl (C=O) groups is 4. The van der Waals surface area contributed by atoms with Crippen molar-refractivity contribution in [2.45, 2.75) is 63.8 Å². The average molecular weight is 534 g/mol. The number of halogens is 3. The summed E-state index contributed by atoms with van der Waals surface area (Å²) in [7, 11) is 0. The lowest BCUT2D eigenvalue weighted by Gasteiger charge is -2.32. The van der Waals surface area contributed by atoms with Crippen molar-refractivity contribution in [3.8, 4) is 0 Å². The van der Waals surface area contributed by atoms with Crippen LogP contribution in [-0.4, -0.2) is 52.9 Å². The minimum atomic E-state index is -5.08. The van der Waals surface area contributed by atoms with Gasteiger partial charge >= 0.3 is 12.1 Å². The number of ketones is 2. The summed E-state index contributed by atoms with van der Waals surface area (Å²) < 4.78 is 31.7. The van der Waals surface area contributed by atoms with Gasteiger partial charge in [0.05, 0.1) is 11.6 Å². The molecule has 38 heavy (non-hydrogen) atoms. The monoisotopic (exact) mass is 533 g/mol. The van der Waals surface area contributed by atoms with Crippen LogP contribution < -0.4 is 16.4 Å². The molecule has 0 spiro atoms. The third kappa shape index (κ3) is 6.58. The van der Waals surface area contributed by atoms with E-state index in [1.54, 1.807) is 30.3 Å². The Morgan fingerprint density at radius 1 is 0.895 bits per heavy atom. The number of alkyl halides is 3. The van der Waals surface area contributed by atoms with Crippen molar-refractivity contribution in [2.24, 2.45) is 11.7 Å². The number of amides is 1. The molecular weight excluding hydrogens is 503 g/mol. The molecule has 0 radical (unpaired) electrons. The van der Waals surface area contributed by atoms with Crippen LogP contribution in [0.15, 0.2) is 42.5 Å². The Bertz CT molecular complexity index is 1220. The number of rotatable bonds is 5. The molecule has 0 bridgehead atoms. The van der Waals surface area contributed by atoms with E-state index in [9.17, 15) is 27.6 Å². The van der Waals surface area contributed by atoms with Crippen LogP contribution in [0.2, 0.25) is 0 Å². The van der Waals surface area contributed by atoms with Gasteiger partial charge in [-0.05, 0) is 37.7 Å². The number of benzene rings is 2. The molecule has 1 fully saturated rings. The number of carbonyl (C=O) groups excluding carboxylic acids is 3. The van der Waals surface area contributed by atoms with E-state index in [-0.39, 0.29) is 35.5 Å². The van der Waals surface area contributed by atoms with Gasteiger partial charge in [0.2, 0.25) is 5.91 Å². The summed E-state index contributed by atoms with van der Waals surface area (Å²) in [6, 6.07) is 12.2. The van der Waals surface area contributed by atoms with Crippen LogP contribution >= 0.6 is 0 Å². The van der Waals surface area contributed by atoms with E-state index in [2.05, 4.69) is 10.6 Å². The number of carboxylic acid groups (broad SMARTS) is 1. The molecule has 2 aromatic carbocycles. The minimum Gasteiger partial charge on any atom is -0.475 e. The highest BCUT2D eigenvalue weighted by Crippen LogP contribution is 2.33. The summed E-state index contributed by atoms with van der Waals surface area (Å²) in [6.45, 7) is 3.88. The summed E-state index contributed by atoms with van der Waals surface area (Å²) in [5.74, 6) is -2.97. The molecule has 2 aliphatic rings. The minimum absolute atomic E-state index is 0.0914. The molecule has 4 rings (SSSR count). The Morgan fingerprint density at radius 2 is 1.39 bits per heavy atom. The summed E-state index contributed by atoms with van der Waals surface area (Å²) in [5.41, 5.74) is 8.50. The third-order valence-corrected chi connectivity index (χ3v) is 6.65. The molecular formula is C27H30F3N3O5. The predicted octanol–water partition coefficient (Wildman–Crippen LogP) is 3.92. The maximum Gasteiger partial charge on any atom is 0.490 e. The normalized spacial score (nSPS) is 19.4. The van der Waals surface area contributed by atoms with Crippen LogP contribution in [0.1, 0.15) is 71.4 Å². The summed E-state index contributed by atoms with van der Waals surface area (Å²) in [6.07, 6.45) is -1.66. The first-order valence-electron chi connectivity index (χ1n) is 12.2. The van der Waals surface area contributed by atoms with Crippen molar-refractivity contribution in [2.75, 3.05) is 5.32 Å². The molecule has 0 heterocycles. The molecule has 1 amide bonds. The Morgan fingerprint density at radius 3 is 1.92 bits per heavy atom. The Labute approximate surface area is 217 Å². The van der Waals surface area contributed by atoms with Gasteiger partial charge in [-0.25, -0.2) is 4.79 Å². The number of nitrogens with two attached hydrogens (primary N) is 1. The number of hydrogen-bond acceptors (Lipinski definition) is 6. The van der Waals surface area contributed by atoms with Crippen molar-refractivity contribution in [3.63, 3.8) is 0 Å².